The van der Waals surface area contributed by atoms with Crippen LogP contribution in [0.25, 0.3) is 5.70 Å². The first-order valence-electron chi connectivity index (χ1n) is 11.1. The SMILES string of the molecule is CCOc1ccc(NC(=O)CN2C(c3ccccc3)=C[C@H](c3ccccc3)n3nnnc32)cc1. The second-order valence-electron chi connectivity index (χ2n) is 7.79. The van der Waals surface area contributed by atoms with Crippen LogP contribution in [-0.4, -0.2) is 39.3 Å². The minimum Gasteiger partial charge on any atom is -0.494 e. The Kier molecular flexibility index (Phi) is 6.03. The summed E-state index contributed by atoms with van der Waals surface area (Å²) in [4.78, 5) is 14.9. The molecule has 5 rings (SSSR count). The van der Waals surface area contributed by atoms with Crippen molar-refractivity contribution < 1.29 is 9.53 Å². The topological polar surface area (TPSA) is 85.2 Å². The molecule has 0 saturated carbocycles. The van der Waals surface area contributed by atoms with Gasteiger partial charge in [-0.05, 0) is 58.8 Å². The molecule has 1 amide bonds. The smallest absolute Gasteiger partial charge is 0.251 e. The Morgan fingerprint density at radius 3 is 2.38 bits per heavy atom. The quantitative estimate of drug-likeness (QED) is 0.453. The molecule has 1 N–H and O–H groups in total. The van der Waals surface area contributed by atoms with Crippen LogP contribution in [0.15, 0.2) is 91.0 Å². The van der Waals surface area contributed by atoms with Crippen LogP contribution < -0.4 is 15.0 Å². The van der Waals surface area contributed by atoms with Crippen molar-refractivity contribution >= 4 is 23.2 Å². The van der Waals surface area contributed by atoms with Crippen molar-refractivity contribution in [1.29, 1.82) is 0 Å². The molecule has 170 valence electrons. The number of amides is 1. The summed E-state index contributed by atoms with van der Waals surface area (Å²) in [7, 11) is 0. The van der Waals surface area contributed by atoms with Crippen LogP contribution in [0.1, 0.15) is 24.1 Å². The highest BCUT2D eigenvalue weighted by Crippen LogP contribution is 2.36. The summed E-state index contributed by atoms with van der Waals surface area (Å²) in [6, 6.07) is 27.1. The number of carbonyl (C=O) groups excluding carboxylic acids is 1. The molecule has 0 fully saturated rings. The molecule has 0 bridgehead atoms. The second kappa shape index (κ2) is 9.58. The van der Waals surface area contributed by atoms with Crippen LogP contribution in [0.5, 0.6) is 5.75 Å². The van der Waals surface area contributed by atoms with Crippen molar-refractivity contribution in [3.8, 4) is 5.75 Å². The number of hydrogen-bond acceptors (Lipinski definition) is 6. The number of rotatable bonds is 7. The summed E-state index contributed by atoms with van der Waals surface area (Å²) in [5, 5.41) is 15.4. The molecule has 3 aromatic carbocycles. The first kappa shape index (κ1) is 21.4. The zero-order valence-corrected chi connectivity index (χ0v) is 18.7. The van der Waals surface area contributed by atoms with Gasteiger partial charge in [0.1, 0.15) is 18.3 Å². The maximum atomic E-state index is 13.1. The molecule has 2 heterocycles. The highest BCUT2D eigenvalue weighted by atomic mass is 16.5. The summed E-state index contributed by atoms with van der Waals surface area (Å²) in [5.41, 5.74) is 3.60. The zero-order chi connectivity index (χ0) is 23.3. The monoisotopic (exact) mass is 452 g/mol. The standard InChI is InChI=1S/C26H24N6O2/c1-2-34-22-15-13-21(14-16-22)27-25(33)18-31-23(19-9-5-3-6-10-19)17-24(20-11-7-4-8-12-20)32-26(31)28-29-30-32/h3-17,24H,2,18H2,1H3,(H,27,33)/t24-/m1/s1. The zero-order valence-electron chi connectivity index (χ0n) is 18.7. The van der Waals surface area contributed by atoms with E-state index in [4.69, 9.17) is 4.74 Å². The van der Waals surface area contributed by atoms with Crippen LogP contribution in [0, 0.1) is 0 Å². The number of benzene rings is 3. The number of ether oxygens (including phenoxy) is 1. The normalized spacial score (nSPS) is 14.8. The maximum absolute atomic E-state index is 13.1. The van der Waals surface area contributed by atoms with E-state index < -0.39 is 0 Å². The molecule has 1 aliphatic heterocycles. The molecule has 0 spiro atoms. The summed E-state index contributed by atoms with van der Waals surface area (Å²) in [6.07, 6.45) is 2.10. The highest BCUT2D eigenvalue weighted by Gasteiger charge is 2.31. The van der Waals surface area contributed by atoms with E-state index in [1.165, 1.54) is 0 Å². The Morgan fingerprint density at radius 1 is 0.971 bits per heavy atom. The lowest BCUT2D eigenvalue weighted by molar-refractivity contribution is -0.114. The maximum Gasteiger partial charge on any atom is 0.251 e. The van der Waals surface area contributed by atoms with E-state index in [0.29, 0.717) is 18.2 Å². The third-order valence-electron chi connectivity index (χ3n) is 5.55. The molecule has 0 aliphatic carbocycles. The number of tetrazole rings is 1. The number of aromatic nitrogens is 4. The van der Waals surface area contributed by atoms with Gasteiger partial charge in [-0.3, -0.25) is 9.69 Å². The molecule has 1 aliphatic rings. The van der Waals surface area contributed by atoms with Crippen molar-refractivity contribution in [3.05, 3.63) is 102 Å². The number of carbonyl (C=O) groups is 1. The van der Waals surface area contributed by atoms with Gasteiger partial charge in [-0.2, -0.15) is 4.68 Å². The Morgan fingerprint density at radius 2 is 1.68 bits per heavy atom. The molecule has 8 nitrogen and oxygen atoms in total. The van der Waals surface area contributed by atoms with Gasteiger partial charge in [0.05, 0.1) is 12.3 Å². The van der Waals surface area contributed by atoms with Gasteiger partial charge in [0, 0.05) is 5.69 Å². The van der Waals surface area contributed by atoms with Crippen molar-refractivity contribution in [2.45, 2.75) is 13.0 Å². The van der Waals surface area contributed by atoms with Gasteiger partial charge in [-0.1, -0.05) is 65.8 Å². The first-order valence-corrected chi connectivity index (χ1v) is 11.1. The summed E-state index contributed by atoms with van der Waals surface area (Å²) in [5.74, 6) is 1.09. The van der Waals surface area contributed by atoms with Crippen LogP contribution in [0.4, 0.5) is 11.6 Å². The average molecular weight is 453 g/mol. The van der Waals surface area contributed by atoms with Gasteiger partial charge in [0.15, 0.2) is 0 Å². The molecular formula is C26H24N6O2. The lowest BCUT2D eigenvalue weighted by Gasteiger charge is -2.32. The van der Waals surface area contributed by atoms with Crippen LogP contribution in [0.2, 0.25) is 0 Å². The third-order valence-corrected chi connectivity index (χ3v) is 5.55. The van der Waals surface area contributed by atoms with E-state index in [9.17, 15) is 4.79 Å². The van der Waals surface area contributed by atoms with E-state index >= 15 is 0 Å². The van der Waals surface area contributed by atoms with E-state index in [-0.39, 0.29) is 18.5 Å². The Hall–Kier alpha value is -4.46. The van der Waals surface area contributed by atoms with Gasteiger partial charge in [0.25, 0.3) is 5.95 Å². The summed E-state index contributed by atoms with van der Waals surface area (Å²) < 4.78 is 7.22. The Balaban J connectivity index is 1.46. The second-order valence-corrected chi connectivity index (χ2v) is 7.79. The van der Waals surface area contributed by atoms with Gasteiger partial charge in [-0.25, -0.2) is 0 Å². The van der Waals surface area contributed by atoms with Crippen molar-refractivity contribution in [2.75, 3.05) is 23.4 Å². The van der Waals surface area contributed by atoms with Crippen LogP contribution in [-0.2, 0) is 4.79 Å². The van der Waals surface area contributed by atoms with Gasteiger partial charge >= 0.3 is 0 Å². The summed E-state index contributed by atoms with van der Waals surface area (Å²) >= 11 is 0. The number of nitrogens with zero attached hydrogens (tertiary/aromatic N) is 5. The van der Waals surface area contributed by atoms with Crippen molar-refractivity contribution in [1.82, 2.24) is 20.2 Å². The fourth-order valence-electron chi connectivity index (χ4n) is 4.01. The fourth-order valence-corrected chi connectivity index (χ4v) is 4.01. The minimum atomic E-state index is -0.188. The highest BCUT2D eigenvalue weighted by molar-refractivity contribution is 5.97. The predicted octanol–water partition coefficient (Wildman–Crippen LogP) is 4.16. The predicted molar refractivity (Wildman–Crippen MR) is 130 cm³/mol. The van der Waals surface area contributed by atoms with Crippen molar-refractivity contribution in [3.63, 3.8) is 0 Å². The van der Waals surface area contributed by atoms with Gasteiger partial charge in [-0.15, -0.1) is 0 Å². The number of hydrogen-bond donors (Lipinski definition) is 1. The molecule has 0 saturated heterocycles. The Labute approximate surface area is 197 Å². The largest absolute Gasteiger partial charge is 0.494 e. The number of anilines is 2. The Bertz CT molecular complexity index is 1290. The van der Waals surface area contributed by atoms with Gasteiger partial charge < -0.3 is 10.1 Å². The van der Waals surface area contributed by atoms with Gasteiger partial charge in [0.2, 0.25) is 5.91 Å². The molecule has 0 radical (unpaired) electrons. The van der Waals surface area contributed by atoms with E-state index in [1.807, 2.05) is 96.8 Å². The molecule has 0 unspecified atom stereocenters. The molecule has 34 heavy (non-hydrogen) atoms. The third kappa shape index (κ3) is 4.38. The van der Waals surface area contributed by atoms with E-state index in [1.54, 1.807) is 4.68 Å². The van der Waals surface area contributed by atoms with E-state index in [2.05, 4.69) is 26.9 Å². The van der Waals surface area contributed by atoms with Crippen LogP contribution in [0.3, 0.4) is 0 Å². The fraction of sp³-hybridized carbons (Fsp3) is 0.154. The van der Waals surface area contributed by atoms with Crippen molar-refractivity contribution in [2.24, 2.45) is 0 Å². The van der Waals surface area contributed by atoms with Crippen LogP contribution >= 0.6 is 0 Å². The minimum absolute atomic E-state index is 0.0514. The van der Waals surface area contributed by atoms with E-state index in [0.717, 1.165) is 22.6 Å². The molecular weight excluding hydrogens is 428 g/mol. The number of nitrogens with one attached hydrogen (secondary N) is 1. The lowest BCUT2D eigenvalue weighted by Crippen LogP contribution is -2.37. The molecule has 1 aromatic heterocycles. The number of fused-ring (bicyclic) bond motifs is 1. The summed E-state index contributed by atoms with van der Waals surface area (Å²) in [6.45, 7) is 2.58. The molecule has 1 atom stereocenters. The number of allylic oxidation sites excluding steroid dienone is 1. The first-order chi connectivity index (χ1) is 16.7. The average Bonchev–Trinajstić information content (AvgIpc) is 3.37. The molecule has 4 aromatic rings. The molecule has 8 heteroatoms. The lowest BCUT2D eigenvalue weighted by atomic mass is 10.0.